The minimum atomic E-state index is -4.31. The molecule has 0 aromatic carbocycles. The van der Waals surface area contributed by atoms with Crippen LogP contribution in [-0.2, 0) is 18.4 Å². The van der Waals surface area contributed by atoms with Crippen LogP contribution in [0.15, 0.2) is 12.2 Å². The lowest BCUT2D eigenvalue weighted by molar-refractivity contribution is -0.870. The van der Waals surface area contributed by atoms with E-state index in [-0.39, 0.29) is 19.1 Å². The van der Waals surface area contributed by atoms with Gasteiger partial charge in [0.15, 0.2) is 0 Å². The highest BCUT2D eigenvalue weighted by Crippen LogP contribution is 2.43. The number of unbranched alkanes of at least 4 members (excludes halogenated alkanes) is 29. The zero-order valence-electron chi connectivity index (χ0n) is 37.9. The Morgan fingerprint density at radius 3 is 1.38 bits per heavy atom. The van der Waals surface area contributed by atoms with Gasteiger partial charge in [-0.05, 0) is 38.5 Å². The zero-order chi connectivity index (χ0) is 41.4. The number of hydrogen-bond donors (Lipinski definition) is 3. The number of carbonyl (C=O) groups is 1. The average molecular weight is 816 g/mol. The fraction of sp³-hybridized carbons (Fsp3) is 0.936. The van der Waals surface area contributed by atoms with Gasteiger partial charge in [-0.3, -0.25) is 13.8 Å². The van der Waals surface area contributed by atoms with Crippen molar-refractivity contribution in [3.05, 3.63) is 12.2 Å². The van der Waals surface area contributed by atoms with E-state index in [1.54, 1.807) is 0 Å². The minimum Gasteiger partial charge on any atom is -0.391 e. The second-order valence-corrected chi connectivity index (χ2v) is 19.3. The van der Waals surface area contributed by atoms with Crippen LogP contribution in [0.25, 0.3) is 0 Å². The number of allylic oxidation sites excluding steroid dienone is 2. The molecule has 0 saturated heterocycles. The molecule has 3 atom stereocenters. The largest absolute Gasteiger partial charge is 0.472 e. The number of aliphatic hydroxyl groups is 1. The van der Waals surface area contributed by atoms with Gasteiger partial charge in [0.05, 0.1) is 39.9 Å². The quantitative estimate of drug-likeness (QED) is 0.0245. The molecule has 0 aromatic heterocycles. The Bertz CT molecular complexity index is 927. The maximum absolute atomic E-state index is 12.9. The Morgan fingerprint density at radius 1 is 0.589 bits per heavy atom. The molecule has 0 spiro atoms. The predicted octanol–water partition coefficient (Wildman–Crippen LogP) is 13.5. The van der Waals surface area contributed by atoms with Crippen molar-refractivity contribution in [1.29, 1.82) is 0 Å². The molecule has 0 saturated carbocycles. The van der Waals surface area contributed by atoms with Crippen LogP contribution in [-0.4, -0.2) is 73.4 Å². The molecule has 8 nitrogen and oxygen atoms in total. The highest BCUT2D eigenvalue weighted by atomic mass is 31.2. The fourth-order valence-electron chi connectivity index (χ4n) is 7.16. The third-order valence-corrected chi connectivity index (χ3v) is 12.0. The summed E-state index contributed by atoms with van der Waals surface area (Å²) in [4.78, 5) is 23.2. The van der Waals surface area contributed by atoms with Crippen molar-refractivity contribution in [3.63, 3.8) is 0 Å². The summed E-state index contributed by atoms with van der Waals surface area (Å²) >= 11 is 0. The zero-order valence-corrected chi connectivity index (χ0v) is 38.8. The molecule has 1 amide bonds. The first-order chi connectivity index (χ1) is 27.0. The van der Waals surface area contributed by atoms with Gasteiger partial charge in [0.2, 0.25) is 5.91 Å². The second kappa shape index (κ2) is 39.7. The SMILES string of the molecule is CCCCCCCC/C=C\CCCCCCCCCC(=O)NC(COP(=O)(O)OCC[N+](C)(C)C)C(O)CCCCCCCCCCCCCCCCCCC. The van der Waals surface area contributed by atoms with Crippen molar-refractivity contribution < 1.29 is 32.9 Å². The van der Waals surface area contributed by atoms with Crippen LogP contribution in [0.5, 0.6) is 0 Å². The topological polar surface area (TPSA) is 105 Å². The van der Waals surface area contributed by atoms with Gasteiger partial charge in [0.1, 0.15) is 13.2 Å². The molecular formula is C47H96N2O6P+. The first-order valence-electron chi connectivity index (χ1n) is 24.1. The fourth-order valence-corrected chi connectivity index (χ4v) is 7.89. The molecule has 9 heteroatoms. The van der Waals surface area contributed by atoms with Crippen molar-refractivity contribution in [1.82, 2.24) is 5.32 Å². The van der Waals surface area contributed by atoms with E-state index < -0.39 is 20.0 Å². The monoisotopic (exact) mass is 816 g/mol. The third kappa shape index (κ3) is 41.4. The lowest BCUT2D eigenvalue weighted by atomic mass is 10.0. The normalized spacial score (nSPS) is 14.3. The van der Waals surface area contributed by atoms with Gasteiger partial charge in [-0.2, -0.15) is 0 Å². The summed E-state index contributed by atoms with van der Waals surface area (Å²) in [5.41, 5.74) is 0. The number of nitrogens with one attached hydrogen (secondary N) is 1. The van der Waals surface area contributed by atoms with Gasteiger partial charge in [-0.1, -0.05) is 199 Å². The third-order valence-electron chi connectivity index (χ3n) is 11.0. The molecule has 334 valence electrons. The van der Waals surface area contributed by atoms with Crippen LogP contribution in [0.2, 0.25) is 0 Å². The molecule has 0 aromatic rings. The summed E-state index contributed by atoms with van der Waals surface area (Å²) in [7, 11) is 1.62. The number of phosphoric ester groups is 1. The van der Waals surface area contributed by atoms with Crippen LogP contribution in [0.1, 0.15) is 232 Å². The predicted molar refractivity (Wildman–Crippen MR) is 240 cm³/mol. The van der Waals surface area contributed by atoms with Crippen molar-refractivity contribution in [2.45, 2.75) is 244 Å². The van der Waals surface area contributed by atoms with Crippen LogP contribution >= 0.6 is 7.82 Å². The maximum atomic E-state index is 12.9. The molecule has 3 unspecified atom stereocenters. The van der Waals surface area contributed by atoms with Gasteiger partial charge >= 0.3 is 7.82 Å². The number of nitrogens with zero attached hydrogens (tertiary/aromatic N) is 1. The van der Waals surface area contributed by atoms with Crippen molar-refractivity contribution >= 4 is 13.7 Å². The Kier molecular flexibility index (Phi) is 39.1. The van der Waals surface area contributed by atoms with E-state index in [1.807, 2.05) is 21.1 Å². The van der Waals surface area contributed by atoms with Gasteiger partial charge < -0.3 is 19.8 Å². The summed E-state index contributed by atoms with van der Waals surface area (Å²) in [6.45, 7) is 4.90. The Balaban J connectivity index is 4.31. The van der Waals surface area contributed by atoms with E-state index in [9.17, 15) is 19.4 Å². The van der Waals surface area contributed by atoms with E-state index >= 15 is 0 Å². The molecule has 0 aliphatic carbocycles. The van der Waals surface area contributed by atoms with Gasteiger partial charge in [0, 0.05) is 6.42 Å². The van der Waals surface area contributed by atoms with Crippen LogP contribution in [0, 0.1) is 0 Å². The number of amides is 1. The summed E-state index contributed by atoms with van der Waals surface area (Å²) in [6, 6.07) is -0.758. The van der Waals surface area contributed by atoms with Gasteiger partial charge in [-0.25, -0.2) is 4.57 Å². The molecule has 0 heterocycles. The molecule has 0 aliphatic rings. The van der Waals surface area contributed by atoms with E-state index in [4.69, 9.17) is 9.05 Å². The number of quaternary nitrogens is 1. The number of aliphatic hydroxyl groups excluding tert-OH is 1. The molecule has 0 fully saturated rings. The number of rotatable bonds is 44. The van der Waals surface area contributed by atoms with Crippen molar-refractivity contribution in [2.24, 2.45) is 0 Å². The number of hydrogen-bond acceptors (Lipinski definition) is 5. The summed E-state index contributed by atoms with van der Waals surface area (Å²) < 4.78 is 23.7. The van der Waals surface area contributed by atoms with Gasteiger partial charge in [0.25, 0.3) is 0 Å². The Labute approximate surface area is 348 Å². The highest BCUT2D eigenvalue weighted by molar-refractivity contribution is 7.47. The number of likely N-dealkylation sites (N-methyl/N-ethyl adjacent to an activating group) is 1. The summed E-state index contributed by atoms with van der Waals surface area (Å²) in [6.07, 6.45) is 45.2. The maximum Gasteiger partial charge on any atom is 0.472 e. The van der Waals surface area contributed by atoms with E-state index in [0.717, 1.165) is 38.5 Å². The van der Waals surface area contributed by atoms with Crippen LogP contribution < -0.4 is 5.32 Å². The lowest BCUT2D eigenvalue weighted by Crippen LogP contribution is -2.46. The Hall–Kier alpha value is -0.760. The van der Waals surface area contributed by atoms with E-state index in [2.05, 4.69) is 31.3 Å². The molecule has 0 rings (SSSR count). The van der Waals surface area contributed by atoms with E-state index in [0.29, 0.717) is 23.9 Å². The number of carbonyl (C=O) groups excluding carboxylic acids is 1. The molecule has 0 bridgehead atoms. The minimum absolute atomic E-state index is 0.0759. The molecule has 56 heavy (non-hydrogen) atoms. The smallest absolute Gasteiger partial charge is 0.391 e. The summed E-state index contributed by atoms with van der Waals surface area (Å²) in [5, 5.41) is 14.0. The van der Waals surface area contributed by atoms with Crippen LogP contribution in [0.4, 0.5) is 0 Å². The standard InChI is InChI=1S/C47H95N2O6P/c1-6-8-10-12-14-16-18-20-22-24-26-28-30-32-34-36-38-40-46(50)45(44-55-56(52,53)54-43-42-49(3,4)5)48-47(51)41-39-37-35-33-31-29-27-25-23-21-19-17-15-13-11-9-7-2/h21,23,45-46,50H,6-20,22,24-44H2,1-5H3,(H-,48,51,52,53)/p+1/b23-21-. The molecule has 0 aliphatic heterocycles. The van der Waals surface area contributed by atoms with Crippen molar-refractivity contribution in [2.75, 3.05) is 40.9 Å². The molecule has 0 radical (unpaired) electrons. The average Bonchev–Trinajstić information content (AvgIpc) is 3.15. The molecule has 3 N–H and O–H groups in total. The highest BCUT2D eigenvalue weighted by Gasteiger charge is 2.28. The second-order valence-electron chi connectivity index (χ2n) is 17.8. The number of phosphoric acid groups is 1. The lowest BCUT2D eigenvalue weighted by Gasteiger charge is -2.26. The first-order valence-corrected chi connectivity index (χ1v) is 25.5. The molecular weight excluding hydrogens is 719 g/mol. The van der Waals surface area contributed by atoms with E-state index in [1.165, 1.54) is 167 Å². The van der Waals surface area contributed by atoms with Gasteiger partial charge in [-0.15, -0.1) is 0 Å². The Morgan fingerprint density at radius 2 is 0.964 bits per heavy atom. The summed E-state index contributed by atoms with van der Waals surface area (Å²) in [5.74, 6) is -0.147. The first kappa shape index (κ1) is 55.2. The van der Waals surface area contributed by atoms with Crippen molar-refractivity contribution in [3.8, 4) is 0 Å². The van der Waals surface area contributed by atoms with Crippen LogP contribution in [0.3, 0.4) is 0 Å².